The predicted octanol–water partition coefficient (Wildman–Crippen LogP) is 0.575. The second-order valence-corrected chi connectivity index (χ2v) is 3.52. The van der Waals surface area contributed by atoms with E-state index in [2.05, 4.69) is 5.32 Å². The van der Waals surface area contributed by atoms with E-state index in [0.717, 1.165) is 5.56 Å². The van der Waals surface area contributed by atoms with Gasteiger partial charge in [-0.3, -0.25) is 0 Å². The van der Waals surface area contributed by atoms with Gasteiger partial charge in [0.1, 0.15) is 0 Å². The number of aliphatic hydroxyl groups is 1. The largest absolute Gasteiger partial charge is 0.395 e. The zero-order valence-electron chi connectivity index (χ0n) is 8.70. The van der Waals surface area contributed by atoms with Crippen molar-refractivity contribution < 1.29 is 5.11 Å². The average Bonchev–Trinajstić information content (AvgIpc) is 2.21. The molecule has 2 unspecified atom stereocenters. The van der Waals surface area contributed by atoms with E-state index in [1.54, 1.807) is 0 Å². The Morgan fingerprint density at radius 3 is 2.36 bits per heavy atom. The molecule has 0 bridgehead atoms. The van der Waals surface area contributed by atoms with Gasteiger partial charge in [0, 0.05) is 12.1 Å². The number of nitrogens with two attached hydrogens (primary N) is 1. The van der Waals surface area contributed by atoms with Gasteiger partial charge in [-0.2, -0.15) is 0 Å². The first kappa shape index (κ1) is 11.2. The van der Waals surface area contributed by atoms with Crippen molar-refractivity contribution in [2.45, 2.75) is 19.0 Å². The van der Waals surface area contributed by atoms with Gasteiger partial charge in [0.2, 0.25) is 0 Å². The highest BCUT2D eigenvalue weighted by molar-refractivity contribution is 5.25. The summed E-state index contributed by atoms with van der Waals surface area (Å²) in [7, 11) is 1.85. The third-order valence-corrected chi connectivity index (χ3v) is 2.39. The maximum absolute atomic E-state index is 8.99. The normalized spacial score (nSPS) is 15.1. The standard InChI is InChI=1S/C11H18N2O/c1-8-3-5-9(6-4-8)11(13-2)10(12)7-14/h3-6,10-11,13-14H,7,12H2,1-2H3. The second-order valence-electron chi connectivity index (χ2n) is 3.52. The van der Waals surface area contributed by atoms with E-state index >= 15 is 0 Å². The molecule has 0 amide bonds. The number of hydrogen-bond donors (Lipinski definition) is 3. The van der Waals surface area contributed by atoms with E-state index in [4.69, 9.17) is 10.8 Å². The quantitative estimate of drug-likeness (QED) is 0.657. The van der Waals surface area contributed by atoms with Gasteiger partial charge in [0.05, 0.1) is 6.61 Å². The van der Waals surface area contributed by atoms with E-state index in [9.17, 15) is 0 Å². The first-order chi connectivity index (χ1) is 6.69. The molecule has 2 atom stereocenters. The van der Waals surface area contributed by atoms with Gasteiger partial charge in [-0.05, 0) is 19.5 Å². The Kier molecular flexibility index (Phi) is 4.07. The minimum atomic E-state index is -0.261. The summed E-state index contributed by atoms with van der Waals surface area (Å²) in [5, 5.41) is 12.1. The minimum Gasteiger partial charge on any atom is -0.395 e. The van der Waals surface area contributed by atoms with Crippen LogP contribution < -0.4 is 11.1 Å². The van der Waals surface area contributed by atoms with Crippen molar-refractivity contribution in [3.63, 3.8) is 0 Å². The van der Waals surface area contributed by atoms with Crippen molar-refractivity contribution in [2.75, 3.05) is 13.7 Å². The van der Waals surface area contributed by atoms with E-state index in [1.807, 2.05) is 38.2 Å². The first-order valence-electron chi connectivity index (χ1n) is 4.79. The van der Waals surface area contributed by atoms with Crippen LogP contribution in [0.4, 0.5) is 0 Å². The molecule has 0 radical (unpaired) electrons. The van der Waals surface area contributed by atoms with Crippen LogP contribution >= 0.6 is 0 Å². The fourth-order valence-electron chi connectivity index (χ4n) is 1.51. The summed E-state index contributed by atoms with van der Waals surface area (Å²) in [5.74, 6) is 0. The Labute approximate surface area is 84.9 Å². The van der Waals surface area contributed by atoms with Crippen LogP contribution in [0, 0.1) is 6.92 Å². The minimum absolute atomic E-state index is 0.0144. The molecule has 1 aromatic rings. The van der Waals surface area contributed by atoms with Crippen molar-refractivity contribution in [1.29, 1.82) is 0 Å². The average molecular weight is 194 g/mol. The Hall–Kier alpha value is -0.900. The summed E-state index contributed by atoms with van der Waals surface area (Å²) in [6.07, 6.45) is 0. The number of rotatable bonds is 4. The molecule has 0 heterocycles. The molecule has 0 saturated carbocycles. The molecule has 0 aliphatic heterocycles. The lowest BCUT2D eigenvalue weighted by molar-refractivity contribution is 0.240. The Morgan fingerprint density at radius 1 is 1.36 bits per heavy atom. The molecule has 0 saturated heterocycles. The highest BCUT2D eigenvalue weighted by Gasteiger charge is 2.16. The predicted molar refractivity (Wildman–Crippen MR) is 58.0 cm³/mol. The van der Waals surface area contributed by atoms with Gasteiger partial charge < -0.3 is 16.2 Å². The maximum atomic E-state index is 8.99. The molecule has 3 heteroatoms. The summed E-state index contributed by atoms with van der Waals surface area (Å²) in [6, 6.07) is 7.91. The number of hydrogen-bond acceptors (Lipinski definition) is 3. The molecule has 0 aliphatic rings. The number of nitrogens with one attached hydrogen (secondary N) is 1. The van der Waals surface area contributed by atoms with Crippen LogP contribution in [0.25, 0.3) is 0 Å². The summed E-state index contributed by atoms with van der Waals surface area (Å²) < 4.78 is 0. The third-order valence-electron chi connectivity index (χ3n) is 2.39. The van der Waals surface area contributed by atoms with Crippen LogP contribution in [-0.4, -0.2) is 24.8 Å². The van der Waals surface area contributed by atoms with Crippen LogP contribution in [0.3, 0.4) is 0 Å². The number of aliphatic hydroxyl groups excluding tert-OH is 1. The number of benzene rings is 1. The van der Waals surface area contributed by atoms with Crippen LogP contribution in [0.15, 0.2) is 24.3 Å². The van der Waals surface area contributed by atoms with E-state index in [-0.39, 0.29) is 18.7 Å². The van der Waals surface area contributed by atoms with Gasteiger partial charge in [-0.15, -0.1) is 0 Å². The molecule has 3 nitrogen and oxygen atoms in total. The molecule has 0 spiro atoms. The molecule has 0 aliphatic carbocycles. The zero-order chi connectivity index (χ0) is 10.6. The van der Waals surface area contributed by atoms with Crippen molar-refractivity contribution in [1.82, 2.24) is 5.32 Å². The number of likely N-dealkylation sites (N-methyl/N-ethyl adjacent to an activating group) is 1. The van der Waals surface area contributed by atoms with Crippen LogP contribution in [0.5, 0.6) is 0 Å². The molecule has 14 heavy (non-hydrogen) atoms. The van der Waals surface area contributed by atoms with E-state index < -0.39 is 0 Å². The molecule has 1 aromatic carbocycles. The lowest BCUT2D eigenvalue weighted by atomic mass is 9.99. The van der Waals surface area contributed by atoms with Gasteiger partial charge in [-0.25, -0.2) is 0 Å². The molecular weight excluding hydrogens is 176 g/mol. The molecule has 0 fully saturated rings. The SMILES string of the molecule is CNC(c1ccc(C)cc1)C(N)CO. The van der Waals surface area contributed by atoms with Crippen molar-refractivity contribution >= 4 is 0 Å². The highest BCUT2D eigenvalue weighted by Crippen LogP contribution is 2.15. The van der Waals surface area contributed by atoms with Crippen molar-refractivity contribution in [3.8, 4) is 0 Å². The lowest BCUT2D eigenvalue weighted by Gasteiger charge is -2.22. The summed E-state index contributed by atoms with van der Waals surface area (Å²) >= 11 is 0. The van der Waals surface area contributed by atoms with Crippen LogP contribution in [0.2, 0.25) is 0 Å². The Balaban J connectivity index is 2.84. The van der Waals surface area contributed by atoms with Gasteiger partial charge in [0.25, 0.3) is 0 Å². The van der Waals surface area contributed by atoms with Gasteiger partial charge >= 0.3 is 0 Å². The third kappa shape index (κ3) is 2.54. The van der Waals surface area contributed by atoms with E-state index in [1.165, 1.54) is 5.56 Å². The fourth-order valence-corrected chi connectivity index (χ4v) is 1.51. The summed E-state index contributed by atoms with van der Waals surface area (Å²) in [4.78, 5) is 0. The lowest BCUT2D eigenvalue weighted by Crippen LogP contribution is -2.38. The smallest absolute Gasteiger partial charge is 0.0601 e. The summed E-state index contributed by atoms with van der Waals surface area (Å²) in [5.41, 5.74) is 8.12. The van der Waals surface area contributed by atoms with Crippen molar-refractivity contribution in [3.05, 3.63) is 35.4 Å². The first-order valence-corrected chi connectivity index (χ1v) is 4.79. The van der Waals surface area contributed by atoms with Crippen LogP contribution in [-0.2, 0) is 0 Å². The van der Waals surface area contributed by atoms with E-state index in [0.29, 0.717) is 0 Å². The van der Waals surface area contributed by atoms with Gasteiger partial charge in [-0.1, -0.05) is 29.8 Å². The molecular formula is C11H18N2O. The Morgan fingerprint density at radius 2 is 1.93 bits per heavy atom. The zero-order valence-corrected chi connectivity index (χ0v) is 8.70. The second kappa shape index (κ2) is 5.10. The summed E-state index contributed by atoms with van der Waals surface area (Å²) in [6.45, 7) is 2.03. The van der Waals surface area contributed by atoms with Crippen molar-refractivity contribution in [2.24, 2.45) is 5.73 Å². The topological polar surface area (TPSA) is 58.3 Å². The maximum Gasteiger partial charge on any atom is 0.0601 e. The molecule has 0 aromatic heterocycles. The monoisotopic (exact) mass is 194 g/mol. The molecule has 1 rings (SSSR count). The van der Waals surface area contributed by atoms with Crippen LogP contribution in [0.1, 0.15) is 17.2 Å². The Bertz CT molecular complexity index is 271. The number of aryl methyl sites for hydroxylation is 1. The molecule has 4 N–H and O–H groups in total. The highest BCUT2D eigenvalue weighted by atomic mass is 16.3. The molecule has 78 valence electrons. The van der Waals surface area contributed by atoms with Gasteiger partial charge in [0.15, 0.2) is 0 Å². The fraction of sp³-hybridized carbons (Fsp3) is 0.455.